The summed E-state index contributed by atoms with van der Waals surface area (Å²) in [6.07, 6.45) is 0.266. The predicted octanol–water partition coefficient (Wildman–Crippen LogP) is 2.74. The highest BCUT2D eigenvalue weighted by Crippen LogP contribution is 2.20. The van der Waals surface area contributed by atoms with E-state index in [0.717, 1.165) is 11.3 Å². The number of benzene rings is 1. The zero-order valence-corrected chi connectivity index (χ0v) is 9.78. The van der Waals surface area contributed by atoms with E-state index in [1.807, 2.05) is 6.92 Å². The molecule has 0 saturated heterocycles. The Bertz CT molecular complexity index is 432. The molecule has 84 valence electrons. The molecule has 0 aliphatic carbocycles. The SMILES string of the molecule is COc1ccc(C(=O)CC(C)C#N)cc1C. The van der Waals surface area contributed by atoms with Gasteiger partial charge in [0.25, 0.3) is 0 Å². The fourth-order valence-corrected chi connectivity index (χ4v) is 1.49. The van der Waals surface area contributed by atoms with Gasteiger partial charge in [-0.25, -0.2) is 0 Å². The van der Waals surface area contributed by atoms with Gasteiger partial charge in [-0.05, 0) is 37.6 Å². The molecule has 1 aromatic rings. The number of carbonyl (C=O) groups is 1. The van der Waals surface area contributed by atoms with E-state index in [9.17, 15) is 4.79 Å². The Morgan fingerprint density at radius 2 is 2.25 bits per heavy atom. The summed E-state index contributed by atoms with van der Waals surface area (Å²) in [5.41, 5.74) is 1.57. The van der Waals surface area contributed by atoms with Crippen LogP contribution in [-0.2, 0) is 0 Å². The molecule has 0 heterocycles. The standard InChI is InChI=1S/C13H15NO2/c1-9(8-14)6-12(15)11-4-5-13(16-3)10(2)7-11/h4-5,7,9H,6H2,1-3H3. The van der Waals surface area contributed by atoms with Crippen LogP contribution in [0.15, 0.2) is 18.2 Å². The number of nitrogens with zero attached hydrogens (tertiary/aromatic N) is 1. The van der Waals surface area contributed by atoms with Gasteiger partial charge in [0.1, 0.15) is 5.75 Å². The summed E-state index contributed by atoms with van der Waals surface area (Å²) in [7, 11) is 1.60. The van der Waals surface area contributed by atoms with Gasteiger partial charge in [-0.1, -0.05) is 0 Å². The molecule has 1 rings (SSSR count). The molecule has 1 unspecified atom stereocenters. The zero-order valence-electron chi connectivity index (χ0n) is 9.78. The second-order valence-corrected chi connectivity index (χ2v) is 3.84. The van der Waals surface area contributed by atoms with E-state index in [1.54, 1.807) is 32.2 Å². The van der Waals surface area contributed by atoms with Crippen LogP contribution in [0.1, 0.15) is 29.3 Å². The Hall–Kier alpha value is -1.82. The molecule has 0 N–H and O–H groups in total. The number of ketones is 1. The fourth-order valence-electron chi connectivity index (χ4n) is 1.49. The second-order valence-electron chi connectivity index (χ2n) is 3.84. The average molecular weight is 217 g/mol. The number of aryl methyl sites for hydroxylation is 1. The molecule has 0 aromatic heterocycles. The van der Waals surface area contributed by atoms with E-state index in [-0.39, 0.29) is 18.1 Å². The Balaban J connectivity index is 2.86. The van der Waals surface area contributed by atoms with Crippen molar-refractivity contribution in [2.24, 2.45) is 5.92 Å². The monoisotopic (exact) mass is 217 g/mol. The van der Waals surface area contributed by atoms with E-state index >= 15 is 0 Å². The molecule has 0 saturated carbocycles. The molecule has 0 bridgehead atoms. The van der Waals surface area contributed by atoms with Crippen molar-refractivity contribution >= 4 is 5.78 Å². The van der Waals surface area contributed by atoms with Crippen molar-refractivity contribution in [3.05, 3.63) is 29.3 Å². The third-order valence-corrected chi connectivity index (χ3v) is 2.43. The Labute approximate surface area is 95.7 Å². The van der Waals surface area contributed by atoms with Crippen molar-refractivity contribution in [2.45, 2.75) is 20.3 Å². The summed E-state index contributed by atoms with van der Waals surface area (Å²) < 4.78 is 5.12. The Kier molecular flexibility index (Phi) is 4.07. The largest absolute Gasteiger partial charge is 0.496 e. The first-order valence-corrected chi connectivity index (χ1v) is 5.16. The van der Waals surface area contributed by atoms with Crippen LogP contribution in [0.3, 0.4) is 0 Å². The maximum atomic E-state index is 11.8. The minimum absolute atomic E-state index is 0.000182. The van der Waals surface area contributed by atoms with Crippen molar-refractivity contribution in [3.63, 3.8) is 0 Å². The summed E-state index contributed by atoms with van der Waals surface area (Å²) >= 11 is 0. The molecule has 1 atom stereocenters. The van der Waals surface area contributed by atoms with Crippen LogP contribution in [0, 0.1) is 24.2 Å². The van der Waals surface area contributed by atoms with Crippen LogP contribution >= 0.6 is 0 Å². The van der Waals surface area contributed by atoms with Gasteiger partial charge in [-0.3, -0.25) is 4.79 Å². The van der Waals surface area contributed by atoms with Gasteiger partial charge in [-0.2, -0.15) is 5.26 Å². The predicted molar refractivity (Wildman–Crippen MR) is 61.5 cm³/mol. The minimum Gasteiger partial charge on any atom is -0.496 e. The summed E-state index contributed by atoms with van der Waals surface area (Å²) in [4.78, 5) is 11.8. The lowest BCUT2D eigenvalue weighted by Gasteiger charge is -2.07. The van der Waals surface area contributed by atoms with E-state index in [0.29, 0.717) is 5.56 Å². The van der Waals surface area contributed by atoms with Crippen LogP contribution in [0.25, 0.3) is 0 Å². The van der Waals surface area contributed by atoms with Crippen LogP contribution in [0.5, 0.6) is 5.75 Å². The normalized spacial score (nSPS) is 11.6. The number of nitriles is 1. The van der Waals surface area contributed by atoms with Gasteiger partial charge < -0.3 is 4.74 Å². The van der Waals surface area contributed by atoms with Crippen LogP contribution < -0.4 is 4.74 Å². The van der Waals surface area contributed by atoms with Gasteiger partial charge >= 0.3 is 0 Å². The zero-order chi connectivity index (χ0) is 12.1. The van der Waals surface area contributed by atoms with Crippen LogP contribution in [0.4, 0.5) is 0 Å². The number of hydrogen-bond donors (Lipinski definition) is 0. The molecular formula is C13H15NO2. The number of ether oxygens (including phenoxy) is 1. The molecule has 3 nitrogen and oxygen atoms in total. The maximum absolute atomic E-state index is 11.8. The second kappa shape index (κ2) is 5.32. The molecule has 3 heteroatoms. The Morgan fingerprint density at radius 3 is 2.75 bits per heavy atom. The minimum atomic E-state index is -0.241. The molecule has 0 radical (unpaired) electrons. The van der Waals surface area contributed by atoms with E-state index < -0.39 is 0 Å². The summed E-state index contributed by atoms with van der Waals surface area (Å²) in [5.74, 6) is 0.527. The maximum Gasteiger partial charge on any atom is 0.164 e. The molecule has 0 aliphatic heterocycles. The van der Waals surface area contributed by atoms with Crippen molar-refractivity contribution < 1.29 is 9.53 Å². The topological polar surface area (TPSA) is 50.1 Å². The van der Waals surface area contributed by atoms with Crippen molar-refractivity contribution in [2.75, 3.05) is 7.11 Å². The molecule has 0 amide bonds. The number of rotatable bonds is 4. The van der Waals surface area contributed by atoms with Gasteiger partial charge in [0.15, 0.2) is 5.78 Å². The molecule has 0 spiro atoms. The highest BCUT2D eigenvalue weighted by molar-refractivity contribution is 5.96. The van der Waals surface area contributed by atoms with Gasteiger partial charge in [0, 0.05) is 12.0 Å². The van der Waals surface area contributed by atoms with Gasteiger partial charge in [0.05, 0.1) is 19.1 Å². The summed E-state index contributed by atoms with van der Waals surface area (Å²) in [6.45, 7) is 3.64. The summed E-state index contributed by atoms with van der Waals surface area (Å²) in [5, 5.41) is 8.65. The molecule has 0 aliphatic rings. The molecule has 1 aromatic carbocycles. The smallest absolute Gasteiger partial charge is 0.164 e. The van der Waals surface area contributed by atoms with E-state index in [2.05, 4.69) is 6.07 Å². The molecular weight excluding hydrogens is 202 g/mol. The van der Waals surface area contributed by atoms with E-state index in [4.69, 9.17) is 10.00 Å². The van der Waals surface area contributed by atoms with Gasteiger partial charge in [0.2, 0.25) is 0 Å². The van der Waals surface area contributed by atoms with Gasteiger partial charge in [-0.15, -0.1) is 0 Å². The first-order valence-electron chi connectivity index (χ1n) is 5.16. The first-order chi connectivity index (χ1) is 7.58. The fraction of sp³-hybridized carbons (Fsp3) is 0.385. The van der Waals surface area contributed by atoms with E-state index in [1.165, 1.54) is 0 Å². The van der Waals surface area contributed by atoms with Crippen LogP contribution in [-0.4, -0.2) is 12.9 Å². The number of carbonyl (C=O) groups excluding carboxylic acids is 1. The quantitative estimate of drug-likeness (QED) is 0.728. The Morgan fingerprint density at radius 1 is 1.56 bits per heavy atom. The summed E-state index contributed by atoms with van der Waals surface area (Å²) in [6, 6.07) is 7.37. The van der Waals surface area contributed by atoms with Crippen molar-refractivity contribution in [1.82, 2.24) is 0 Å². The lowest BCUT2D eigenvalue weighted by molar-refractivity contribution is 0.0972. The lowest BCUT2D eigenvalue weighted by atomic mass is 9.99. The third kappa shape index (κ3) is 2.83. The van der Waals surface area contributed by atoms with Crippen LogP contribution in [0.2, 0.25) is 0 Å². The average Bonchev–Trinajstić information content (AvgIpc) is 2.28. The number of hydrogen-bond acceptors (Lipinski definition) is 3. The first kappa shape index (κ1) is 12.3. The number of methoxy groups -OCH3 is 1. The van der Waals surface area contributed by atoms with Crippen molar-refractivity contribution in [1.29, 1.82) is 5.26 Å². The van der Waals surface area contributed by atoms with Crippen molar-refractivity contribution in [3.8, 4) is 11.8 Å². The highest BCUT2D eigenvalue weighted by Gasteiger charge is 2.11. The molecule has 16 heavy (non-hydrogen) atoms. The highest BCUT2D eigenvalue weighted by atomic mass is 16.5. The molecule has 0 fully saturated rings. The number of Topliss-reactive ketones (excluding diaryl/α,β-unsaturated/α-hetero) is 1. The third-order valence-electron chi connectivity index (χ3n) is 2.43. The lowest BCUT2D eigenvalue weighted by Crippen LogP contribution is -2.05.